The number of rotatable bonds is 7. The standard InChI is InChI=1S/C24H29ClF3N7/c1-34-11-13-35(14-12-34)10-9-32-23(31)19(20(25)22(30)16-5-3-2-4-6-16)21(29)17-7-8-18(33-15-17)24(26,27)28/h2-8,15H,9-14,29-30H2,1H3,(H2,31,32)/b21-19?,22-20+. The van der Waals surface area contributed by atoms with Crippen LogP contribution in [0.25, 0.3) is 11.4 Å². The molecule has 1 saturated heterocycles. The zero-order chi connectivity index (χ0) is 25.6. The number of likely N-dealkylation sites (N-methyl/N-ethyl adjacent to an activating group) is 1. The van der Waals surface area contributed by atoms with Crippen LogP contribution in [-0.4, -0.2) is 66.9 Å². The van der Waals surface area contributed by atoms with E-state index < -0.39 is 11.9 Å². The highest BCUT2D eigenvalue weighted by Gasteiger charge is 2.32. The lowest BCUT2D eigenvalue weighted by molar-refractivity contribution is -0.141. The van der Waals surface area contributed by atoms with Crippen LogP contribution < -0.4 is 17.2 Å². The van der Waals surface area contributed by atoms with E-state index in [0.29, 0.717) is 18.7 Å². The minimum Gasteiger partial charge on any atom is -0.398 e. The van der Waals surface area contributed by atoms with E-state index in [1.54, 1.807) is 24.3 Å². The van der Waals surface area contributed by atoms with Gasteiger partial charge in [0.2, 0.25) is 0 Å². The smallest absolute Gasteiger partial charge is 0.398 e. The summed E-state index contributed by atoms with van der Waals surface area (Å²) in [7, 11) is 2.08. The van der Waals surface area contributed by atoms with Crippen LogP contribution in [0.15, 0.2) is 64.3 Å². The van der Waals surface area contributed by atoms with Crippen LogP contribution >= 0.6 is 11.6 Å². The van der Waals surface area contributed by atoms with Gasteiger partial charge in [0, 0.05) is 44.5 Å². The first-order chi connectivity index (χ1) is 16.6. The van der Waals surface area contributed by atoms with Crippen LogP contribution in [0.4, 0.5) is 13.2 Å². The molecule has 2 aromatic rings. The van der Waals surface area contributed by atoms with E-state index in [1.807, 2.05) is 6.07 Å². The summed E-state index contributed by atoms with van der Waals surface area (Å²) in [6.07, 6.45) is -3.54. The first-order valence-electron chi connectivity index (χ1n) is 11.0. The van der Waals surface area contributed by atoms with Gasteiger partial charge in [0.25, 0.3) is 0 Å². The summed E-state index contributed by atoms with van der Waals surface area (Å²) in [4.78, 5) is 12.5. The van der Waals surface area contributed by atoms with Gasteiger partial charge in [-0.1, -0.05) is 41.9 Å². The molecule has 1 aromatic heterocycles. The highest BCUT2D eigenvalue weighted by atomic mass is 35.5. The second-order valence-corrected chi connectivity index (χ2v) is 8.60. The first kappa shape index (κ1) is 26.5. The van der Waals surface area contributed by atoms with Gasteiger partial charge in [-0.2, -0.15) is 13.2 Å². The lowest BCUT2D eigenvalue weighted by Gasteiger charge is -2.31. The van der Waals surface area contributed by atoms with Gasteiger partial charge >= 0.3 is 6.18 Å². The van der Waals surface area contributed by atoms with Crippen molar-refractivity contribution in [3.8, 4) is 0 Å². The molecule has 0 spiro atoms. The Morgan fingerprint density at radius 1 is 0.971 bits per heavy atom. The van der Waals surface area contributed by atoms with Crippen molar-refractivity contribution in [2.24, 2.45) is 22.2 Å². The molecule has 0 radical (unpaired) electrons. The fourth-order valence-electron chi connectivity index (χ4n) is 3.58. The van der Waals surface area contributed by atoms with Gasteiger partial charge in [0.15, 0.2) is 0 Å². The van der Waals surface area contributed by atoms with Crippen molar-refractivity contribution in [3.63, 3.8) is 0 Å². The van der Waals surface area contributed by atoms with Crippen molar-refractivity contribution < 1.29 is 13.2 Å². The maximum atomic E-state index is 12.9. The molecule has 3 rings (SSSR count). The number of alkyl halides is 3. The Hall–Kier alpha value is -3.08. The van der Waals surface area contributed by atoms with Crippen LogP contribution in [0.2, 0.25) is 0 Å². The molecule has 7 nitrogen and oxygen atoms in total. The predicted octanol–water partition coefficient (Wildman–Crippen LogP) is 2.94. The minimum atomic E-state index is -4.57. The second-order valence-electron chi connectivity index (χ2n) is 8.22. The molecule has 0 unspecified atom stereocenters. The lowest BCUT2D eigenvalue weighted by atomic mass is 10.0. The lowest BCUT2D eigenvalue weighted by Crippen LogP contribution is -2.45. The van der Waals surface area contributed by atoms with E-state index in [1.165, 1.54) is 6.07 Å². The fourth-order valence-corrected chi connectivity index (χ4v) is 3.88. The van der Waals surface area contributed by atoms with Gasteiger partial charge in [-0.05, 0) is 24.7 Å². The van der Waals surface area contributed by atoms with Gasteiger partial charge in [-0.25, -0.2) is 0 Å². The molecule has 2 heterocycles. The quantitative estimate of drug-likeness (QED) is 0.302. The monoisotopic (exact) mass is 507 g/mol. The van der Waals surface area contributed by atoms with Gasteiger partial charge in [-0.3, -0.25) is 14.9 Å². The van der Waals surface area contributed by atoms with Crippen LogP contribution in [-0.2, 0) is 6.18 Å². The average molecular weight is 508 g/mol. The summed E-state index contributed by atoms with van der Waals surface area (Å²) >= 11 is 6.66. The number of nitrogens with two attached hydrogens (primary N) is 3. The number of nitrogens with zero attached hydrogens (tertiary/aromatic N) is 4. The summed E-state index contributed by atoms with van der Waals surface area (Å²) in [5, 5.41) is 0.0504. The Labute approximate surface area is 207 Å². The zero-order valence-electron chi connectivity index (χ0n) is 19.4. The molecule has 1 aliphatic heterocycles. The van der Waals surface area contributed by atoms with E-state index in [0.717, 1.165) is 38.4 Å². The Morgan fingerprint density at radius 2 is 1.63 bits per heavy atom. The van der Waals surface area contributed by atoms with E-state index in [2.05, 4.69) is 26.8 Å². The molecule has 11 heteroatoms. The molecule has 0 aliphatic carbocycles. The number of halogens is 4. The fraction of sp³-hybridized carbons (Fsp3) is 0.333. The molecular formula is C24H29ClF3N7. The molecule has 1 fully saturated rings. The molecule has 188 valence electrons. The first-order valence-corrected chi connectivity index (χ1v) is 11.4. The van der Waals surface area contributed by atoms with E-state index in [9.17, 15) is 13.2 Å². The predicted molar refractivity (Wildman–Crippen MR) is 134 cm³/mol. The third-order valence-corrected chi connectivity index (χ3v) is 6.12. The molecule has 35 heavy (non-hydrogen) atoms. The largest absolute Gasteiger partial charge is 0.433 e. The molecular weight excluding hydrogens is 479 g/mol. The third-order valence-electron chi connectivity index (χ3n) is 5.73. The molecule has 1 aliphatic rings. The number of aromatic nitrogens is 1. The van der Waals surface area contributed by atoms with E-state index in [4.69, 9.17) is 28.8 Å². The molecule has 0 saturated carbocycles. The molecule has 6 N–H and O–H groups in total. The Balaban J connectivity index is 1.96. The number of hydrogen-bond acceptors (Lipinski definition) is 6. The summed E-state index contributed by atoms with van der Waals surface area (Å²) < 4.78 is 38.8. The topological polar surface area (TPSA) is 110 Å². The van der Waals surface area contributed by atoms with Crippen LogP contribution in [0, 0.1) is 0 Å². The van der Waals surface area contributed by atoms with Gasteiger partial charge in [0.05, 0.1) is 28.5 Å². The van der Waals surface area contributed by atoms with Crippen molar-refractivity contribution in [2.75, 3.05) is 46.3 Å². The Bertz CT molecular complexity index is 1090. The summed E-state index contributed by atoms with van der Waals surface area (Å²) in [5.41, 5.74) is 19.2. The molecule has 0 atom stereocenters. The van der Waals surface area contributed by atoms with Crippen molar-refractivity contribution in [1.29, 1.82) is 0 Å². The van der Waals surface area contributed by atoms with Gasteiger partial charge in [-0.15, -0.1) is 0 Å². The number of aliphatic imine (C=N–C) groups is 1. The third kappa shape index (κ3) is 6.97. The number of amidine groups is 1. The van der Waals surface area contributed by atoms with Gasteiger partial charge < -0.3 is 22.1 Å². The number of hydrogen-bond donors (Lipinski definition) is 3. The maximum absolute atomic E-state index is 12.9. The SMILES string of the molecule is CN1CCN(CCN=C(N)C(=C(N)c2ccc(C(F)(F)F)nc2)/C(Cl)=C(\N)c2ccccc2)CC1. The van der Waals surface area contributed by atoms with Crippen molar-refractivity contribution in [1.82, 2.24) is 14.8 Å². The molecule has 0 bridgehead atoms. The summed E-state index contributed by atoms with van der Waals surface area (Å²) in [6, 6.07) is 11.0. The highest BCUT2D eigenvalue weighted by Crippen LogP contribution is 2.30. The van der Waals surface area contributed by atoms with Crippen molar-refractivity contribution in [2.45, 2.75) is 6.18 Å². The van der Waals surface area contributed by atoms with E-state index in [-0.39, 0.29) is 33.4 Å². The Kier molecular flexibility index (Phi) is 8.76. The van der Waals surface area contributed by atoms with Crippen LogP contribution in [0.1, 0.15) is 16.8 Å². The summed E-state index contributed by atoms with van der Waals surface area (Å²) in [6.45, 7) is 4.89. The molecule has 1 aromatic carbocycles. The normalized spacial score (nSPS) is 17.7. The molecule has 0 amide bonds. The van der Waals surface area contributed by atoms with Gasteiger partial charge in [0.1, 0.15) is 11.5 Å². The van der Waals surface area contributed by atoms with Crippen molar-refractivity contribution >= 4 is 28.8 Å². The zero-order valence-corrected chi connectivity index (χ0v) is 20.2. The summed E-state index contributed by atoms with van der Waals surface area (Å²) in [5.74, 6) is 0.0420. The number of piperazine rings is 1. The van der Waals surface area contributed by atoms with Crippen LogP contribution in [0.5, 0.6) is 0 Å². The minimum absolute atomic E-state index is 0.0240. The van der Waals surface area contributed by atoms with Crippen molar-refractivity contribution in [3.05, 3.63) is 76.1 Å². The highest BCUT2D eigenvalue weighted by molar-refractivity contribution is 6.39. The number of benzene rings is 1. The Morgan fingerprint density at radius 3 is 2.20 bits per heavy atom. The van der Waals surface area contributed by atoms with Crippen LogP contribution in [0.3, 0.4) is 0 Å². The maximum Gasteiger partial charge on any atom is 0.433 e. The number of pyridine rings is 1. The average Bonchev–Trinajstić information content (AvgIpc) is 2.85. The van der Waals surface area contributed by atoms with E-state index >= 15 is 0 Å². The second kappa shape index (κ2) is 11.6.